The summed E-state index contributed by atoms with van der Waals surface area (Å²) in [7, 11) is 1.67. The first-order valence-corrected chi connectivity index (χ1v) is 8.94. The smallest absolute Gasteiger partial charge is 0.162 e. The number of aromatic nitrogens is 3. The predicted molar refractivity (Wildman–Crippen MR) is 103 cm³/mol. The summed E-state index contributed by atoms with van der Waals surface area (Å²) in [5.74, 6) is 2.49. The Labute approximate surface area is 157 Å². The van der Waals surface area contributed by atoms with E-state index in [-0.39, 0.29) is 6.04 Å². The van der Waals surface area contributed by atoms with Gasteiger partial charge in [-0.1, -0.05) is 30.7 Å². The molecule has 1 unspecified atom stereocenters. The minimum Gasteiger partial charge on any atom is -0.497 e. The van der Waals surface area contributed by atoms with E-state index >= 15 is 0 Å². The first kappa shape index (κ1) is 16.8. The standard InChI is InChI=1S/C20H19ClN4O/c1-4-17-20-24-23-12(2)25(20)18-10-9-15(26-3)11-16(18)19(22-17)13-5-7-14(21)8-6-13/h5-11,17H,4H2,1-3H3. The maximum absolute atomic E-state index is 6.08. The van der Waals surface area contributed by atoms with Gasteiger partial charge in [0.1, 0.15) is 17.6 Å². The van der Waals surface area contributed by atoms with E-state index in [0.29, 0.717) is 5.02 Å². The molecule has 2 heterocycles. The zero-order valence-corrected chi connectivity index (χ0v) is 15.7. The molecule has 132 valence electrons. The van der Waals surface area contributed by atoms with Gasteiger partial charge in [0.05, 0.1) is 18.5 Å². The average Bonchev–Trinajstić information content (AvgIpc) is 2.97. The highest BCUT2D eigenvalue weighted by molar-refractivity contribution is 6.30. The van der Waals surface area contributed by atoms with Crippen LogP contribution in [0.4, 0.5) is 0 Å². The molecule has 1 atom stereocenters. The third-order valence-corrected chi connectivity index (χ3v) is 4.89. The van der Waals surface area contributed by atoms with Crippen molar-refractivity contribution >= 4 is 17.3 Å². The molecule has 5 nitrogen and oxygen atoms in total. The number of fused-ring (bicyclic) bond motifs is 3. The van der Waals surface area contributed by atoms with E-state index in [2.05, 4.69) is 21.7 Å². The van der Waals surface area contributed by atoms with Gasteiger partial charge in [-0.2, -0.15) is 0 Å². The molecule has 0 saturated heterocycles. The van der Waals surface area contributed by atoms with Gasteiger partial charge in [-0.25, -0.2) is 0 Å². The van der Waals surface area contributed by atoms with Crippen LogP contribution in [0.5, 0.6) is 5.75 Å². The second-order valence-electron chi connectivity index (χ2n) is 6.23. The number of hydrogen-bond donors (Lipinski definition) is 0. The van der Waals surface area contributed by atoms with Crippen LogP contribution in [0.15, 0.2) is 47.5 Å². The van der Waals surface area contributed by atoms with Gasteiger partial charge in [-0.05, 0) is 43.7 Å². The van der Waals surface area contributed by atoms with Gasteiger partial charge < -0.3 is 4.74 Å². The molecule has 0 amide bonds. The van der Waals surface area contributed by atoms with Crippen LogP contribution in [-0.4, -0.2) is 27.6 Å². The van der Waals surface area contributed by atoms with E-state index in [4.69, 9.17) is 21.3 Å². The Balaban J connectivity index is 2.03. The molecule has 1 aliphatic rings. The summed E-state index contributed by atoms with van der Waals surface area (Å²) >= 11 is 6.08. The third-order valence-electron chi connectivity index (χ3n) is 4.64. The van der Waals surface area contributed by atoms with Crippen LogP contribution in [0.3, 0.4) is 0 Å². The fourth-order valence-corrected chi connectivity index (χ4v) is 3.44. The minimum atomic E-state index is -0.0692. The lowest BCUT2D eigenvalue weighted by molar-refractivity contribution is 0.414. The number of hydrogen-bond acceptors (Lipinski definition) is 4. The lowest BCUT2D eigenvalue weighted by Gasteiger charge is -2.14. The van der Waals surface area contributed by atoms with Crippen LogP contribution in [0.25, 0.3) is 5.69 Å². The molecule has 0 bridgehead atoms. The van der Waals surface area contributed by atoms with Crippen molar-refractivity contribution in [1.82, 2.24) is 14.8 Å². The fourth-order valence-electron chi connectivity index (χ4n) is 3.31. The van der Waals surface area contributed by atoms with E-state index in [0.717, 1.165) is 46.3 Å². The van der Waals surface area contributed by atoms with Crippen molar-refractivity contribution in [2.24, 2.45) is 4.99 Å². The summed E-state index contributed by atoms with van der Waals surface area (Å²) in [6.07, 6.45) is 0.834. The van der Waals surface area contributed by atoms with Crippen LogP contribution in [0.2, 0.25) is 5.02 Å². The number of nitrogens with zero attached hydrogens (tertiary/aromatic N) is 4. The quantitative estimate of drug-likeness (QED) is 0.683. The maximum atomic E-state index is 6.08. The van der Waals surface area contributed by atoms with Crippen LogP contribution in [0.1, 0.15) is 42.2 Å². The highest BCUT2D eigenvalue weighted by Gasteiger charge is 2.27. The number of methoxy groups -OCH3 is 1. The Hall–Kier alpha value is -2.66. The molecule has 0 aliphatic carbocycles. The molecule has 2 aromatic carbocycles. The van der Waals surface area contributed by atoms with Gasteiger partial charge in [0.2, 0.25) is 0 Å². The summed E-state index contributed by atoms with van der Waals surface area (Å²) in [5, 5.41) is 9.39. The van der Waals surface area contributed by atoms with Crippen LogP contribution in [-0.2, 0) is 0 Å². The molecule has 0 spiro atoms. The normalized spacial score (nSPS) is 15.7. The van der Waals surface area contributed by atoms with Crippen molar-refractivity contribution in [3.05, 3.63) is 70.3 Å². The SMILES string of the molecule is CCC1N=C(c2ccc(Cl)cc2)c2cc(OC)ccc2-n2c(C)nnc21. The number of aryl methyl sites for hydroxylation is 1. The maximum Gasteiger partial charge on any atom is 0.162 e. The highest BCUT2D eigenvalue weighted by atomic mass is 35.5. The Morgan fingerprint density at radius 2 is 1.88 bits per heavy atom. The van der Waals surface area contributed by atoms with Crippen molar-refractivity contribution in [2.45, 2.75) is 26.3 Å². The highest BCUT2D eigenvalue weighted by Crippen LogP contribution is 2.34. The number of rotatable bonds is 3. The van der Waals surface area contributed by atoms with Crippen molar-refractivity contribution < 1.29 is 4.74 Å². The molecular formula is C20H19ClN4O. The van der Waals surface area contributed by atoms with Gasteiger partial charge in [-0.15, -0.1) is 10.2 Å². The Kier molecular flexibility index (Phi) is 4.24. The molecular weight excluding hydrogens is 348 g/mol. The van der Waals surface area contributed by atoms with Crippen LogP contribution in [0, 0.1) is 6.92 Å². The first-order valence-electron chi connectivity index (χ1n) is 8.56. The van der Waals surface area contributed by atoms with Crippen molar-refractivity contribution in [3.63, 3.8) is 0 Å². The van der Waals surface area contributed by atoms with Crippen molar-refractivity contribution in [3.8, 4) is 11.4 Å². The van der Waals surface area contributed by atoms with Crippen molar-refractivity contribution in [1.29, 1.82) is 0 Å². The molecule has 1 aromatic heterocycles. The summed E-state index contributed by atoms with van der Waals surface area (Å²) in [6, 6.07) is 13.7. The molecule has 6 heteroatoms. The van der Waals surface area contributed by atoms with Crippen molar-refractivity contribution in [2.75, 3.05) is 7.11 Å². The van der Waals surface area contributed by atoms with Gasteiger partial charge in [0.15, 0.2) is 5.82 Å². The second kappa shape index (κ2) is 6.57. The summed E-state index contributed by atoms with van der Waals surface area (Å²) < 4.78 is 7.55. The van der Waals surface area contributed by atoms with E-state index in [1.807, 2.05) is 49.4 Å². The number of aliphatic imine (C=N–C) groups is 1. The monoisotopic (exact) mass is 366 g/mol. The topological polar surface area (TPSA) is 52.3 Å². The van der Waals surface area contributed by atoms with E-state index < -0.39 is 0 Å². The van der Waals surface area contributed by atoms with Gasteiger partial charge >= 0.3 is 0 Å². The minimum absolute atomic E-state index is 0.0692. The van der Waals surface area contributed by atoms with E-state index in [1.165, 1.54) is 0 Å². The molecule has 0 saturated carbocycles. The third kappa shape index (κ3) is 2.69. The van der Waals surface area contributed by atoms with E-state index in [1.54, 1.807) is 7.11 Å². The molecule has 1 aliphatic heterocycles. The number of halogens is 1. The van der Waals surface area contributed by atoms with E-state index in [9.17, 15) is 0 Å². The van der Waals surface area contributed by atoms with Gasteiger partial charge in [0.25, 0.3) is 0 Å². The Morgan fingerprint density at radius 1 is 1.12 bits per heavy atom. The molecule has 0 fully saturated rings. The van der Waals surface area contributed by atoms with Crippen LogP contribution >= 0.6 is 11.6 Å². The molecule has 0 N–H and O–H groups in total. The largest absolute Gasteiger partial charge is 0.497 e. The lowest BCUT2D eigenvalue weighted by Crippen LogP contribution is -2.08. The molecule has 0 radical (unpaired) electrons. The molecule has 3 aromatic rings. The number of benzene rings is 2. The molecule has 4 rings (SSSR count). The fraction of sp³-hybridized carbons (Fsp3) is 0.250. The molecule has 26 heavy (non-hydrogen) atoms. The summed E-state index contributed by atoms with van der Waals surface area (Å²) in [5.41, 5.74) is 3.92. The zero-order valence-electron chi connectivity index (χ0n) is 14.9. The second-order valence-corrected chi connectivity index (χ2v) is 6.67. The van der Waals surface area contributed by atoms with Gasteiger partial charge in [0, 0.05) is 16.1 Å². The predicted octanol–water partition coefficient (Wildman–Crippen LogP) is 4.54. The lowest BCUT2D eigenvalue weighted by atomic mass is 10.00. The zero-order chi connectivity index (χ0) is 18.3. The Morgan fingerprint density at radius 3 is 2.58 bits per heavy atom. The Bertz CT molecular complexity index is 992. The van der Waals surface area contributed by atoms with Gasteiger partial charge in [-0.3, -0.25) is 9.56 Å². The first-order chi connectivity index (χ1) is 12.6. The summed E-state index contributed by atoms with van der Waals surface area (Å²) in [6.45, 7) is 4.07. The summed E-state index contributed by atoms with van der Waals surface area (Å²) in [4.78, 5) is 5.06. The number of ether oxygens (including phenoxy) is 1. The van der Waals surface area contributed by atoms with Crippen LogP contribution < -0.4 is 4.74 Å². The average molecular weight is 367 g/mol.